The molecule has 0 bridgehead atoms. The first-order valence-electron chi connectivity index (χ1n) is 11.3. The fourth-order valence-electron chi connectivity index (χ4n) is 4.03. The van der Waals surface area contributed by atoms with Crippen LogP contribution in [0, 0.1) is 0 Å². The normalized spacial score (nSPS) is 11.8. The van der Waals surface area contributed by atoms with Crippen molar-refractivity contribution >= 4 is 33.2 Å². The minimum absolute atomic E-state index is 0.144. The molecular weight excluding hydrogens is 456 g/mol. The lowest BCUT2D eigenvalue weighted by Gasteiger charge is -2.24. The van der Waals surface area contributed by atoms with Crippen molar-refractivity contribution in [3.05, 3.63) is 125 Å². The SMILES string of the molecule is CN(C(=O)C(Cc1ccccc1)n1sc2ccccc2c1=O)c1cccc(Oc2ccccc2)c1. The highest BCUT2D eigenvalue weighted by molar-refractivity contribution is 7.14. The van der Waals surface area contributed by atoms with Crippen LogP contribution in [0.5, 0.6) is 11.5 Å². The molecule has 0 saturated carbocycles. The summed E-state index contributed by atoms with van der Waals surface area (Å²) in [5.41, 5.74) is 1.54. The molecule has 0 aliphatic heterocycles. The van der Waals surface area contributed by atoms with Crippen molar-refractivity contribution in [2.75, 3.05) is 11.9 Å². The van der Waals surface area contributed by atoms with Gasteiger partial charge in [-0.15, -0.1) is 0 Å². The molecule has 1 heterocycles. The number of hydrogen-bond acceptors (Lipinski definition) is 4. The highest BCUT2D eigenvalue weighted by Gasteiger charge is 2.28. The summed E-state index contributed by atoms with van der Waals surface area (Å²) in [5.74, 6) is 1.18. The number of carbonyl (C=O) groups excluding carboxylic acids is 1. The van der Waals surface area contributed by atoms with E-state index < -0.39 is 6.04 Å². The van der Waals surface area contributed by atoms with Gasteiger partial charge in [-0.3, -0.25) is 13.5 Å². The van der Waals surface area contributed by atoms with E-state index in [-0.39, 0.29) is 11.5 Å². The fraction of sp³-hybridized carbons (Fsp3) is 0.103. The Kier molecular flexibility index (Phi) is 6.46. The number of likely N-dealkylation sites (N-methyl/N-ethyl adjacent to an activating group) is 1. The maximum absolute atomic E-state index is 13.9. The van der Waals surface area contributed by atoms with E-state index >= 15 is 0 Å². The van der Waals surface area contributed by atoms with Crippen LogP contribution in [-0.4, -0.2) is 16.9 Å². The lowest BCUT2D eigenvalue weighted by Crippen LogP contribution is -2.38. The summed E-state index contributed by atoms with van der Waals surface area (Å²) in [4.78, 5) is 28.7. The second kappa shape index (κ2) is 9.99. The zero-order valence-corrected chi connectivity index (χ0v) is 20.0. The number of anilines is 1. The maximum Gasteiger partial charge on any atom is 0.269 e. The Morgan fingerprint density at radius 3 is 2.26 bits per heavy atom. The van der Waals surface area contributed by atoms with Crippen molar-refractivity contribution < 1.29 is 9.53 Å². The average Bonchev–Trinajstić information content (AvgIpc) is 3.24. The third kappa shape index (κ3) is 4.88. The molecule has 0 spiro atoms. The minimum Gasteiger partial charge on any atom is -0.457 e. The molecular formula is C29H24N2O3S. The van der Waals surface area contributed by atoms with Gasteiger partial charge in [0.15, 0.2) is 0 Å². The molecule has 35 heavy (non-hydrogen) atoms. The van der Waals surface area contributed by atoms with E-state index in [4.69, 9.17) is 4.74 Å². The van der Waals surface area contributed by atoms with Gasteiger partial charge in [0.25, 0.3) is 11.5 Å². The standard InChI is InChI=1S/C29H24N2O3S/c1-30(22-13-10-16-24(20-22)34-23-14-6-3-7-15-23)29(33)26(19-21-11-4-2-5-12-21)31-28(32)25-17-8-9-18-27(25)35-31/h2-18,20,26H,19H2,1H3. The Balaban J connectivity index is 1.49. The first kappa shape index (κ1) is 22.6. The molecule has 1 aromatic heterocycles. The van der Waals surface area contributed by atoms with E-state index in [9.17, 15) is 9.59 Å². The smallest absolute Gasteiger partial charge is 0.269 e. The summed E-state index contributed by atoms with van der Waals surface area (Å²) in [5, 5.41) is 0.629. The monoisotopic (exact) mass is 480 g/mol. The van der Waals surface area contributed by atoms with E-state index in [1.807, 2.05) is 109 Å². The number of para-hydroxylation sites is 1. The summed E-state index contributed by atoms with van der Waals surface area (Å²) in [7, 11) is 1.74. The molecule has 6 heteroatoms. The largest absolute Gasteiger partial charge is 0.457 e. The lowest BCUT2D eigenvalue weighted by molar-refractivity contribution is -0.121. The predicted octanol–water partition coefficient (Wildman–Crippen LogP) is 6.30. The number of amides is 1. The van der Waals surface area contributed by atoms with Crippen molar-refractivity contribution in [2.45, 2.75) is 12.5 Å². The Hall–Kier alpha value is -4.16. The van der Waals surface area contributed by atoms with Crippen molar-refractivity contribution in [1.82, 2.24) is 3.96 Å². The van der Waals surface area contributed by atoms with Gasteiger partial charge in [0.1, 0.15) is 17.5 Å². The van der Waals surface area contributed by atoms with Crippen molar-refractivity contribution in [3.8, 4) is 11.5 Å². The topological polar surface area (TPSA) is 51.5 Å². The van der Waals surface area contributed by atoms with Crippen LogP contribution in [0.1, 0.15) is 11.6 Å². The third-order valence-electron chi connectivity index (χ3n) is 5.87. The van der Waals surface area contributed by atoms with Gasteiger partial charge < -0.3 is 9.64 Å². The van der Waals surface area contributed by atoms with E-state index in [1.54, 1.807) is 15.9 Å². The van der Waals surface area contributed by atoms with Crippen LogP contribution in [0.25, 0.3) is 10.1 Å². The van der Waals surface area contributed by atoms with Crippen LogP contribution in [0.15, 0.2) is 114 Å². The Bertz CT molecular complexity index is 1510. The summed E-state index contributed by atoms with van der Waals surface area (Å²) < 4.78 is 8.43. The van der Waals surface area contributed by atoms with Crippen molar-refractivity contribution in [3.63, 3.8) is 0 Å². The maximum atomic E-state index is 13.9. The van der Waals surface area contributed by atoms with Crippen LogP contribution in [0.3, 0.4) is 0 Å². The fourth-order valence-corrected chi connectivity index (χ4v) is 5.11. The molecule has 5 aromatic rings. The zero-order valence-electron chi connectivity index (χ0n) is 19.2. The zero-order chi connectivity index (χ0) is 24.2. The number of nitrogens with zero attached hydrogens (tertiary/aromatic N) is 2. The number of ether oxygens (including phenoxy) is 1. The van der Waals surface area contributed by atoms with Gasteiger partial charge in [-0.1, -0.05) is 78.3 Å². The minimum atomic E-state index is -0.675. The number of carbonyl (C=O) groups is 1. The van der Waals surface area contributed by atoms with Gasteiger partial charge in [0, 0.05) is 25.2 Å². The molecule has 5 rings (SSSR count). The number of fused-ring (bicyclic) bond motifs is 1. The quantitative estimate of drug-likeness (QED) is 0.275. The third-order valence-corrected chi connectivity index (χ3v) is 7.04. The van der Waals surface area contributed by atoms with Gasteiger partial charge in [-0.2, -0.15) is 0 Å². The van der Waals surface area contributed by atoms with E-state index in [0.717, 1.165) is 16.0 Å². The summed E-state index contributed by atoms with van der Waals surface area (Å²) in [6.45, 7) is 0. The van der Waals surface area contributed by atoms with Gasteiger partial charge in [0.05, 0.1) is 10.1 Å². The second-order valence-electron chi connectivity index (χ2n) is 8.23. The van der Waals surface area contributed by atoms with Gasteiger partial charge in [-0.25, -0.2) is 0 Å². The molecule has 0 aliphatic rings. The van der Waals surface area contributed by atoms with Crippen LogP contribution in [-0.2, 0) is 11.2 Å². The van der Waals surface area contributed by atoms with Crippen molar-refractivity contribution in [1.29, 1.82) is 0 Å². The highest BCUT2D eigenvalue weighted by Crippen LogP contribution is 2.29. The Labute approximate surface area is 207 Å². The molecule has 0 N–H and O–H groups in total. The lowest BCUT2D eigenvalue weighted by atomic mass is 10.0. The Morgan fingerprint density at radius 1 is 0.857 bits per heavy atom. The molecule has 0 radical (unpaired) electrons. The predicted molar refractivity (Wildman–Crippen MR) is 142 cm³/mol. The Morgan fingerprint density at radius 2 is 1.51 bits per heavy atom. The molecule has 0 aliphatic carbocycles. The number of hydrogen-bond donors (Lipinski definition) is 0. The molecule has 4 aromatic carbocycles. The van der Waals surface area contributed by atoms with Crippen molar-refractivity contribution in [2.24, 2.45) is 0 Å². The average molecular weight is 481 g/mol. The molecule has 0 fully saturated rings. The van der Waals surface area contributed by atoms with Gasteiger partial charge in [-0.05, 0) is 42.0 Å². The molecule has 1 unspecified atom stereocenters. The second-order valence-corrected chi connectivity index (χ2v) is 9.25. The molecule has 174 valence electrons. The first-order valence-corrected chi connectivity index (χ1v) is 12.1. The highest BCUT2D eigenvalue weighted by atomic mass is 32.1. The van der Waals surface area contributed by atoms with Crippen LogP contribution in [0.4, 0.5) is 5.69 Å². The summed E-state index contributed by atoms with van der Waals surface area (Å²) in [6, 6.07) is 33.5. The van der Waals surface area contributed by atoms with E-state index in [2.05, 4.69) is 0 Å². The van der Waals surface area contributed by atoms with E-state index in [1.165, 1.54) is 11.5 Å². The summed E-state index contributed by atoms with van der Waals surface area (Å²) in [6.07, 6.45) is 0.414. The number of benzene rings is 4. The van der Waals surface area contributed by atoms with Gasteiger partial charge in [0.2, 0.25) is 0 Å². The molecule has 1 atom stereocenters. The van der Waals surface area contributed by atoms with Crippen LogP contribution < -0.4 is 15.2 Å². The van der Waals surface area contributed by atoms with Crippen LogP contribution >= 0.6 is 11.5 Å². The molecule has 0 saturated heterocycles. The number of rotatable bonds is 7. The summed E-state index contributed by atoms with van der Waals surface area (Å²) >= 11 is 1.33. The molecule has 1 amide bonds. The van der Waals surface area contributed by atoms with Gasteiger partial charge >= 0.3 is 0 Å². The first-order chi connectivity index (χ1) is 17.1. The van der Waals surface area contributed by atoms with Crippen LogP contribution in [0.2, 0.25) is 0 Å². The number of aromatic nitrogens is 1. The molecule has 5 nitrogen and oxygen atoms in total. The van der Waals surface area contributed by atoms with E-state index in [0.29, 0.717) is 23.2 Å².